The van der Waals surface area contributed by atoms with Crippen molar-refractivity contribution in [2.45, 2.75) is 13.3 Å². The molecule has 1 aromatic carbocycles. The minimum Gasteiger partial charge on any atom is -0.310 e. The fourth-order valence-corrected chi connectivity index (χ4v) is 1.67. The van der Waals surface area contributed by atoms with Gasteiger partial charge in [-0.3, -0.25) is 4.79 Å². The molecule has 1 aromatic rings. The van der Waals surface area contributed by atoms with E-state index in [1.165, 1.54) is 5.56 Å². The number of carbonyl (C=O) groups is 1. The zero-order valence-corrected chi connectivity index (χ0v) is 9.80. The average molecular weight is 256 g/mol. The van der Waals surface area contributed by atoms with E-state index < -0.39 is 0 Å². The molecule has 0 spiro atoms. The highest BCUT2D eigenvalue weighted by atomic mass is 79.9. The fourth-order valence-electron chi connectivity index (χ4n) is 1.19. The third-order valence-corrected chi connectivity index (χ3v) is 2.68. The maximum atomic E-state index is 10.7. The first-order chi connectivity index (χ1) is 6.70. The highest BCUT2D eigenvalue weighted by molar-refractivity contribution is 9.10. The first-order valence-electron chi connectivity index (χ1n) is 4.63. The van der Waals surface area contributed by atoms with Gasteiger partial charge in [-0.1, -0.05) is 34.1 Å². The Balaban J connectivity index is 2.31. The van der Waals surface area contributed by atoms with Crippen LogP contribution in [0.5, 0.6) is 0 Å². The summed E-state index contributed by atoms with van der Waals surface area (Å²) in [4.78, 5) is 10.7. The molecule has 2 nitrogen and oxygen atoms in total. The predicted molar refractivity (Wildman–Crippen MR) is 61.4 cm³/mol. The number of hydrogen-bond donors (Lipinski definition) is 1. The number of carbonyl (C=O) groups excluding carboxylic acids is 1. The SMILES string of the molecule is CC(=O)CNCCc1ccccc1Br. The Morgan fingerprint density at radius 2 is 2.14 bits per heavy atom. The van der Waals surface area contributed by atoms with Gasteiger partial charge in [-0.05, 0) is 31.5 Å². The van der Waals surface area contributed by atoms with E-state index >= 15 is 0 Å². The lowest BCUT2D eigenvalue weighted by atomic mass is 10.1. The van der Waals surface area contributed by atoms with E-state index in [1.807, 2.05) is 18.2 Å². The zero-order chi connectivity index (χ0) is 10.4. The highest BCUT2D eigenvalue weighted by Gasteiger charge is 1.98. The fraction of sp³-hybridized carbons (Fsp3) is 0.364. The van der Waals surface area contributed by atoms with Gasteiger partial charge in [0.25, 0.3) is 0 Å². The summed E-state index contributed by atoms with van der Waals surface area (Å²) in [7, 11) is 0. The Morgan fingerprint density at radius 3 is 2.79 bits per heavy atom. The van der Waals surface area contributed by atoms with E-state index in [0.29, 0.717) is 6.54 Å². The van der Waals surface area contributed by atoms with Gasteiger partial charge in [-0.15, -0.1) is 0 Å². The summed E-state index contributed by atoms with van der Waals surface area (Å²) in [5, 5.41) is 3.09. The van der Waals surface area contributed by atoms with Crippen molar-refractivity contribution in [2.24, 2.45) is 0 Å². The molecule has 0 atom stereocenters. The van der Waals surface area contributed by atoms with Crippen LogP contribution in [0.25, 0.3) is 0 Å². The third kappa shape index (κ3) is 4.03. The van der Waals surface area contributed by atoms with Crippen molar-refractivity contribution < 1.29 is 4.79 Å². The predicted octanol–water partition coefficient (Wildman–Crippen LogP) is 2.17. The summed E-state index contributed by atoms with van der Waals surface area (Å²) < 4.78 is 1.13. The first kappa shape index (κ1) is 11.4. The van der Waals surface area contributed by atoms with Crippen molar-refractivity contribution in [3.05, 3.63) is 34.3 Å². The molecule has 0 saturated heterocycles. The number of benzene rings is 1. The van der Waals surface area contributed by atoms with Gasteiger partial charge in [-0.2, -0.15) is 0 Å². The van der Waals surface area contributed by atoms with Crippen molar-refractivity contribution in [1.29, 1.82) is 0 Å². The van der Waals surface area contributed by atoms with Gasteiger partial charge in [0.05, 0.1) is 6.54 Å². The van der Waals surface area contributed by atoms with Gasteiger partial charge in [0, 0.05) is 4.47 Å². The van der Waals surface area contributed by atoms with Gasteiger partial charge in [0.1, 0.15) is 5.78 Å². The van der Waals surface area contributed by atoms with Crippen LogP contribution >= 0.6 is 15.9 Å². The topological polar surface area (TPSA) is 29.1 Å². The molecule has 0 aromatic heterocycles. The monoisotopic (exact) mass is 255 g/mol. The van der Waals surface area contributed by atoms with Crippen LogP contribution in [-0.2, 0) is 11.2 Å². The molecule has 0 aliphatic heterocycles. The van der Waals surface area contributed by atoms with Crippen molar-refractivity contribution in [2.75, 3.05) is 13.1 Å². The Bertz CT molecular complexity index is 312. The lowest BCUT2D eigenvalue weighted by Crippen LogP contribution is -2.23. The summed E-state index contributed by atoms with van der Waals surface area (Å²) in [5.74, 6) is 0.178. The van der Waals surface area contributed by atoms with Crippen molar-refractivity contribution >= 4 is 21.7 Å². The Kier molecular flexibility index (Phi) is 4.84. The molecule has 0 radical (unpaired) electrons. The second kappa shape index (κ2) is 5.94. The largest absolute Gasteiger partial charge is 0.310 e. The minimum absolute atomic E-state index is 0.178. The maximum Gasteiger partial charge on any atom is 0.143 e. The van der Waals surface area contributed by atoms with Crippen LogP contribution in [0.15, 0.2) is 28.7 Å². The van der Waals surface area contributed by atoms with E-state index in [1.54, 1.807) is 6.92 Å². The number of rotatable bonds is 5. The molecule has 0 aliphatic carbocycles. The van der Waals surface area contributed by atoms with Crippen molar-refractivity contribution in [1.82, 2.24) is 5.32 Å². The smallest absolute Gasteiger partial charge is 0.143 e. The molecule has 14 heavy (non-hydrogen) atoms. The molecule has 0 heterocycles. The van der Waals surface area contributed by atoms with Crippen LogP contribution in [0, 0.1) is 0 Å². The van der Waals surface area contributed by atoms with E-state index in [-0.39, 0.29) is 5.78 Å². The standard InChI is InChI=1S/C11H14BrNO/c1-9(14)8-13-7-6-10-4-2-3-5-11(10)12/h2-5,13H,6-8H2,1H3. The van der Waals surface area contributed by atoms with Crippen LogP contribution in [0.1, 0.15) is 12.5 Å². The van der Waals surface area contributed by atoms with Gasteiger partial charge in [0.2, 0.25) is 0 Å². The van der Waals surface area contributed by atoms with E-state index in [2.05, 4.69) is 27.3 Å². The lowest BCUT2D eigenvalue weighted by molar-refractivity contribution is -0.116. The molecule has 0 bridgehead atoms. The molecule has 1 N–H and O–H groups in total. The van der Waals surface area contributed by atoms with E-state index in [0.717, 1.165) is 17.4 Å². The molecule has 3 heteroatoms. The molecule has 0 fully saturated rings. The van der Waals surface area contributed by atoms with Gasteiger partial charge >= 0.3 is 0 Å². The molecule has 0 amide bonds. The summed E-state index contributed by atoms with van der Waals surface area (Å²) in [6.07, 6.45) is 0.939. The molecular formula is C11H14BrNO. The van der Waals surface area contributed by atoms with Crippen LogP contribution < -0.4 is 5.32 Å². The molecule has 0 aliphatic rings. The third-order valence-electron chi connectivity index (χ3n) is 1.90. The van der Waals surface area contributed by atoms with Crippen LogP contribution in [0.3, 0.4) is 0 Å². The second-order valence-electron chi connectivity index (χ2n) is 3.22. The Hall–Kier alpha value is -0.670. The van der Waals surface area contributed by atoms with Crippen LogP contribution in [0.2, 0.25) is 0 Å². The number of nitrogens with one attached hydrogen (secondary N) is 1. The molecule has 76 valence electrons. The maximum absolute atomic E-state index is 10.7. The zero-order valence-electron chi connectivity index (χ0n) is 8.22. The second-order valence-corrected chi connectivity index (χ2v) is 4.07. The lowest BCUT2D eigenvalue weighted by Gasteiger charge is -2.04. The molecule has 0 saturated carbocycles. The molecule has 1 rings (SSSR count). The number of ketones is 1. The van der Waals surface area contributed by atoms with Gasteiger partial charge < -0.3 is 5.32 Å². The number of hydrogen-bond acceptors (Lipinski definition) is 2. The van der Waals surface area contributed by atoms with Gasteiger partial charge in [-0.25, -0.2) is 0 Å². The number of Topliss-reactive ketones (excluding diaryl/α,β-unsaturated/α-hetero) is 1. The van der Waals surface area contributed by atoms with E-state index in [4.69, 9.17) is 0 Å². The Morgan fingerprint density at radius 1 is 1.43 bits per heavy atom. The normalized spacial score (nSPS) is 10.1. The summed E-state index contributed by atoms with van der Waals surface area (Å²) in [6, 6.07) is 8.13. The van der Waals surface area contributed by atoms with Crippen molar-refractivity contribution in [3.8, 4) is 0 Å². The summed E-state index contributed by atoms with van der Waals surface area (Å²) in [6.45, 7) is 2.89. The van der Waals surface area contributed by atoms with Crippen molar-refractivity contribution in [3.63, 3.8) is 0 Å². The average Bonchev–Trinajstić information content (AvgIpc) is 2.15. The van der Waals surface area contributed by atoms with E-state index in [9.17, 15) is 4.79 Å². The number of halogens is 1. The Labute approximate surface area is 92.8 Å². The van der Waals surface area contributed by atoms with Crippen LogP contribution in [-0.4, -0.2) is 18.9 Å². The first-order valence-corrected chi connectivity index (χ1v) is 5.43. The minimum atomic E-state index is 0.178. The molecule has 0 unspecified atom stereocenters. The van der Waals surface area contributed by atoms with Crippen LogP contribution in [0.4, 0.5) is 0 Å². The molecular weight excluding hydrogens is 242 g/mol. The summed E-state index contributed by atoms with van der Waals surface area (Å²) >= 11 is 3.48. The summed E-state index contributed by atoms with van der Waals surface area (Å²) in [5.41, 5.74) is 1.27. The highest BCUT2D eigenvalue weighted by Crippen LogP contribution is 2.15. The quantitative estimate of drug-likeness (QED) is 0.818. The van der Waals surface area contributed by atoms with Gasteiger partial charge in [0.15, 0.2) is 0 Å².